The zero-order valence-electron chi connectivity index (χ0n) is 17.8. The summed E-state index contributed by atoms with van der Waals surface area (Å²) in [5.41, 5.74) is 0.657. The van der Waals surface area contributed by atoms with Crippen molar-refractivity contribution in [2.45, 2.75) is 4.90 Å². The minimum atomic E-state index is -3.75. The molecule has 4 aromatic rings. The third-order valence-electron chi connectivity index (χ3n) is 4.44. The summed E-state index contributed by atoms with van der Waals surface area (Å²) in [6, 6.07) is 16.5. The average Bonchev–Trinajstić information content (AvgIpc) is 3.38. The lowest BCUT2D eigenvalue weighted by molar-refractivity contribution is 0.0959. The van der Waals surface area contributed by atoms with Crippen LogP contribution < -0.4 is 20.7 Å². The number of thiophene rings is 1. The number of nitrogens with one attached hydrogen (secondary N) is 4. The molecule has 0 aliphatic heterocycles. The fourth-order valence-electron chi connectivity index (χ4n) is 2.84. The summed E-state index contributed by atoms with van der Waals surface area (Å²) in [4.78, 5) is 25.2. The monoisotopic (exact) mass is 495 g/mol. The molecule has 10 nitrogen and oxygen atoms in total. The largest absolute Gasteiger partial charge is 0.352 e. The van der Waals surface area contributed by atoms with Crippen LogP contribution in [0, 0.1) is 0 Å². The predicted molar refractivity (Wildman–Crippen MR) is 132 cm³/mol. The van der Waals surface area contributed by atoms with E-state index in [4.69, 9.17) is 0 Å². The van der Waals surface area contributed by atoms with Gasteiger partial charge in [0.05, 0.1) is 9.77 Å². The first-order valence-electron chi connectivity index (χ1n) is 10.2. The molecule has 0 atom stereocenters. The highest BCUT2D eigenvalue weighted by molar-refractivity contribution is 7.92. The first kappa shape index (κ1) is 23.1. The number of carbonyl (C=O) groups excluding carboxylic acids is 1. The summed E-state index contributed by atoms with van der Waals surface area (Å²) in [5, 5.41) is 10.8. The Morgan fingerprint density at radius 3 is 2.47 bits per heavy atom. The van der Waals surface area contributed by atoms with Crippen molar-refractivity contribution in [1.29, 1.82) is 0 Å². The number of carbonyl (C=O) groups is 1. The van der Waals surface area contributed by atoms with Gasteiger partial charge in [-0.05, 0) is 53.9 Å². The molecular formula is C22H21N7O3S2. The highest BCUT2D eigenvalue weighted by Gasteiger charge is 2.14. The van der Waals surface area contributed by atoms with Crippen molar-refractivity contribution in [3.8, 4) is 0 Å². The summed E-state index contributed by atoms with van der Waals surface area (Å²) in [5.74, 6) is 1.06. The SMILES string of the molecule is O=C(NCCNc1nccc(Nc2ccc(S(=O)(=O)Nc3ccccn3)cc2)n1)c1cccs1. The molecule has 0 radical (unpaired) electrons. The molecule has 1 aromatic carbocycles. The maximum atomic E-state index is 12.5. The average molecular weight is 496 g/mol. The molecule has 3 aromatic heterocycles. The fraction of sp³-hybridized carbons (Fsp3) is 0.0909. The minimum Gasteiger partial charge on any atom is -0.352 e. The summed E-state index contributed by atoms with van der Waals surface area (Å²) in [6.07, 6.45) is 3.11. The van der Waals surface area contributed by atoms with Crippen LogP contribution in [-0.2, 0) is 10.0 Å². The third kappa shape index (κ3) is 6.27. The molecule has 1 amide bonds. The van der Waals surface area contributed by atoms with Crippen LogP contribution in [0.2, 0.25) is 0 Å². The summed E-state index contributed by atoms with van der Waals surface area (Å²) in [6.45, 7) is 0.872. The number of sulfonamides is 1. The molecule has 0 saturated carbocycles. The maximum Gasteiger partial charge on any atom is 0.263 e. The van der Waals surface area contributed by atoms with Crippen molar-refractivity contribution in [3.05, 3.63) is 83.3 Å². The number of rotatable bonds is 10. The van der Waals surface area contributed by atoms with E-state index in [0.717, 1.165) is 0 Å². The van der Waals surface area contributed by atoms with E-state index in [0.29, 0.717) is 35.4 Å². The van der Waals surface area contributed by atoms with Gasteiger partial charge in [-0.1, -0.05) is 12.1 Å². The van der Waals surface area contributed by atoms with Gasteiger partial charge in [-0.15, -0.1) is 11.3 Å². The Labute approximate surface area is 200 Å². The highest BCUT2D eigenvalue weighted by atomic mass is 32.2. The van der Waals surface area contributed by atoms with Gasteiger partial charge in [-0.25, -0.2) is 18.4 Å². The molecule has 3 heterocycles. The van der Waals surface area contributed by atoms with E-state index in [2.05, 4.69) is 35.6 Å². The van der Waals surface area contributed by atoms with E-state index in [1.807, 2.05) is 11.4 Å². The smallest absolute Gasteiger partial charge is 0.263 e. The molecule has 0 spiro atoms. The number of nitrogens with zero attached hydrogens (tertiary/aromatic N) is 3. The number of aromatic nitrogens is 3. The van der Waals surface area contributed by atoms with E-state index < -0.39 is 10.0 Å². The molecule has 0 fully saturated rings. The second-order valence-electron chi connectivity index (χ2n) is 6.90. The van der Waals surface area contributed by atoms with Gasteiger partial charge >= 0.3 is 0 Å². The Hall–Kier alpha value is -4.03. The molecule has 0 aliphatic carbocycles. The lowest BCUT2D eigenvalue weighted by atomic mass is 10.3. The van der Waals surface area contributed by atoms with E-state index in [1.54, 1.807) is 48.7 Å². The number of anilines is 4. The van der Waals surface area contributed by atoms with Gasteiger partial charge in [0.25, 0.3) is 15.9 Å². The standard InChI is InChI=1S/C22H21N7O3S2/c30-21(18-4-3-15-33-18)24-13-14-26-22-25-12-10-20(28-22)27-16-6-8-17(9-7-16)34(31,32)29-19-5-1-2-11-23-19/h1-12,15H,13-14H2,(H,23,29)(H,24,30)(H2,25,26,27,28). The number of hydrogen-bond acceptors (Lipinski definition) is 9. The van der Waals surface area contributed by atoms with Crippen molar-refractivity contribution in [1.82, 2.24) is 20.3 Å². The molecule has 12 heteroatoms. The first-order chi connectivity index (χ1) is 16.5. The van der Waals surface area contributed by atoms with E-state index in [-0.39, 0.29) is 16.6 Å². The van der Waals surface area contributed by atoms with Gasteiger partial charge in [-0.3, -0.25) is 9.52 Å². The predicted octanol–water partition coefficient (Wildman–Crippen LogP) is 3.32. The summed E-state index contributed by atoms with van der Waals surface area (Å²) in [7, 11) is -3.75. The van der Waals surface area contributed by atoms with Crippen LogP contribution in [0.15, 0.2) is 83.3 Å². The number of pyridine rings is 1. The van der Waals surface area contributed by atoms with Crippen molar-refractivity contribution in [2.24, 2.45) is 0 Å². The van der Waals surface area contributed by atoms with Gasteiger partial charge in [0.15, 0.2) is 0 Å². The summed E-state index contributed by atoms with van der Waals surface area (Å²) >= 11 is 1.39. The molecule has 0 unspecified atom stereocenters. The Bertz CT molecular complexity index is 1330. The molecular weight excluding hydrogens is 474 g/mol. The van der Waals surface area contributed by atoms with Crippen molar-refractivity contribution >= 4 is 50.5 Å². The zero-order valence-corrected chi connectivity index (χ0v) is 19.4. The van der Waals surface area contributed by atoms with E-state index in [9.17, 15) is 13.2 Å². The lowest BCUT2D eigenvalue weighted by Crippen LogP contribution is -2.28. The molecule has 4 rings (SSSR count). The number of amides is 1. The van der Waals surface area contributed by atoms with Crippen LogP contribution in [0.4, 0.5) is 23.3 Å². The molecule has 4 N–H and O–H groups in total. The van der Waals surface area contributed by atoms with Gasteiger partial charge in [0.1, 0.15) is 11.6 Å². The fourth-order valence-corrected chi connectivity index (χ4v) is 4.49. The van der Waals surface area contributed by atoms with E-state index >= 15 is 0 Å². The Morgan fingerprint density at radius 1 is 0.882 bits per heavy atom. The van der Waals surface area contributed by atoms with Crippen molar-refractivity contribution in [2.75, 3.05) is 28.4 Å². The van der Waals surface area contributed by atoms with Gasteiger partial charge in [0, 0.05) is 31.2 Å². The molecule has 0 aliphatic rings. The molecule has 0 bridgehead atoms. The summed E-state index contributed by atoms with van der Waals surface area (Å²) < 4.78 is 27.5. The quantitative estimate of drug-likeness (QED) is 0.246. The Morgan fingerprint density at radius 2 is 1.74 bits per heavy atom. The topological polar surface area (TPSA) is 138 Å². The molecule has 34 heavy (non-hydrogen) atoms. The zero-order chi connectivity index (χ0) is 23.8. The van der Waals surface area contributed by atoms with Crippen LogP contribution in [-0.4, -0.2) is 42.4 Å². The van der Waals surface area contributed by atoms with Gasteiger partial charge < -0.3 is 16.0 Å². The van der Waals surface area contributed by atoms with Crippen LogP contribution in [0.1, 0.15) is 9.67 Å². The van der Waals surface area contributed by atoms with Crippen LogP contribution >= 0.6 is 11.3 Å². The number of benzene rings is 1. The lowest BCUT2D eigenvalue weighted by Gasteiger charge is -2.10. The van der Waals surface area contributed by atoms with Crippen molar-refractivity contribution in [3.63, 3.8) is 0 Å². The molecule has 174 valence electrons. The Kier molecular flexibility index (Phi) is 7.30. The second-order valence-corrected chi connectivity index (χ2v) is 9.53. The van der Waals surface area contributed by atoms with Crippen LogP contribution in [0.3, 0.4) is 0 Å². The van der Waals surface area contributed by atoms with Crippen LogP contribution in [0.25, 0.3) is 0 Å². The maximum absolute atomic E-state index is 12.5. The Balaban J connectivity index is 1.30. The van der Waals surface area contributed by atoms with Crippen LogP contribution in [0.5, 0.6) is 0 Å². The minimum absolute atomic E-state index is 0.110. The molecule has 0 saturated heterocycles. The highest BCUT2D eigenvalue weighted by Crippen LogP contribution is 2.20. The van der Waals surface area contributed by atoms with Gasteiger partial charge in [0.2, 0.25) is 5.95 Å². The number of hydrogen-bond donors (Lipinski definition) is 4. The first-order valence-corrected chi connectivity index (χ1v) is 12.6. The second kappa shape index (κ2) is 10.7. The van der Waals surface area contributed by atoms with E-state index in [1.165, 1.54) is 29.7 Å². The normalized spacial score (nSPS) is 10.9. The van der Waals surface area contributed by atoms with Crippen molar-refractivity contribution < 1.29 is 13.2 Å². The third-order valence-corrected chi connectivity index (χ3v) is 6.67. The van der Waals surface area contributed by atoms with Gasteiger partial charge in [-0.2, -0.15) is 4.98 Å².